The van der Waals surface area contributed by atoms with Gasteiger partial charge in [0.25, 0.3) is 0 Å². The Morgan fingerprint density at radius 1 is 1.33 bits per heavy atom. The van der Waals surface area contributed by atoms with Gasteiger partial charge in [-0.05, 0) is 17.7 Å². The number of benzene rings is 1. The van der Waals surface area contributed by atoms with Gasteiger partial charge in [-0.25, -0.2) is 4.79 Å². The van der Waals surface area contributed by atoms with E-state index in [1.807, 2.05) is 12.1 Å². The topological polar surface area (TPSA) is 61.5 Å². The van der Waals surface area contributed by atoms with Crippen molar-refractivity contribution < 1.29 is 14.3 Å². The van der Waals surface area contributed by atoms with E-state index in [2.05, 4.69) is 4.74 Å². The zero-order valence-corrected chi connectivity index (χ0v) is 8.90. The fraction of sp³-hybridized carbons (Fsp3) is 0.364. The van der Waals surface area contributed by atoms with Gasteiger partial charge in [0.1, 0.15) is 0 Å². The molecule has 0 radical (unpaired) electrons. The van der Waals surface area contributed by atoms with E-state index < -0.39 is 6.10 Å². The van der Waals surface area contributed by atoms with Crippen molar-refractivity contribution in [1.82, 2.24) is 0 Å². The zero-order valence-electron chi connectivity index (χ0n) is 8.90. The third-order valence-corrected chi connectivity index (χ3v) is 2.15. The fourth-order valence-corrected chi connectivity index (χ4v) is 1.26. The number of carbonyl (C=O) groups is 1. The van der Waals surface area contributed by atoms with Crippen molar-refractivity contribution >= 4 is 11.7 Å². The highest BCUT2D eigenvalue weighted by atomic mass is 16.6. The Morgan fingerprint density at radius 2 is 1.93 bits per heavy atom. The molecule has 1 rings (SSSR count). The Kier molecular flexibility index (Phi) is 4.12. The van der Waals surface area contributed by atoms with Crippen LogP contribution in [0.3, 0.4) is 0 Å². The normalized spacial score (nSPS) is 12.1. The predicted octanol–water partition coefficient (Wildman–Crippen LogP) is 0.999. The summed E-state index contributed by atoms with van der Waals surface area (Å²) < 4.78 is 9.64. The third-order valence-electron chi connectivity index (χ3n) is 2.15. The van der Waals surface area contributed by atoms with Gasteiger partial charge in [-0.15, -0.1) is 0 Å². The summed E-state index contributed by atoms with van der Waals surface area (Å²) >= 11 is 0. The molecule has 1 atom stereocenters. The Balaban J connectivity index is 2.66. The van der Waals surface area contributed by atoms with Crippen LogP contribution in [0.15, 0.2) is 24.3 Å². The number of carbonyl (C=O) groups excluding carboxylic acids is 1. The first-order valence-electron chi connectivity index (χ1n) is 4.62. The van der Waals surface area contributed by atoms with E-state index in [1.165, 1.54) is 14.2 Å². The van der Waals surface area contributed by atoms with Gasteiger partial charge >= 0.3 is 5.97 Å². The molecule has 0 aliphatic heterocycles. The summed E-state index contributed by atoms with van der Waals surface area (Å²) in [6.07, 6.45) is -0.0673. The molecule has 0 saturated carbocycles. The molecule has 0 spiro atoms. The second-order valence-electron chi connectivity index (χ2n) is 3.19. The van der Waals surface area contributed by atoms with Crippen LogP contribution in [-0.4, -0.2) is 26.3 Å². The molecule has 0 aromatic heterocycles. The molecule has 0 aliphatic rings. The highest BCUT2D eigenvalue weighted by Gasteiger charge is 2.18. The SMILES string of the molecule is COC(=O)[C@H](Cc1ccc(N)cc1)OC. The van der Waals surface area contributed by atoms with Crippen LogP contribution in [0.25, 0.3) is 0 Å². The lowest BCUT2D eigenvalue weighted by molar-refractivity contribution is -0.152. The lowest BCUT2D eigenvalue weighted by Gasteiger charge is -2.12. The van der Waals surface area contributed by atoms with E-state index in [4.69, 9.17) is 10.5 Å². The summed E-state index contributed by atoms with van der Waals surface area (Å²) in [7, 11) is 2.83. The first-order chi connectivity index (χ1) is 7.17. The number of anilines is 1. The summed E-state index contributed by atoms with van der Waals surface area (Å²) in [6.45, 7) is 0. The number of methoxy groups -OCH3 is 2. The number of ether oxygens (including phenoxy) is 2. The number of nitrogens with two attached hydrogens (primary N) is 1. The summed E-state index contributed by atoms with van der Waals surface area (Å²) in [5.74, 6) is -0.366. The minimum atomic E-state index is -0.557. The number of rotatable bonds is 4. The van der Waals surface area contributed by atoms with E-state index in [0.29, 0.717) is 12.1 Å². The quantitative estimate of drug-likeness (QED) is 0.593. The lowest BCUT2D eigenvalue weighted by atomic mass is 10.1. The van der Waals surface area contributed by atoms with Crippen molar-refractivity contribution in [1.29, 1.82) is 0 Å². The van der Waals surface area contributed by atoms with Crippen LogP contribution < -0.4 is 5.73 Å². The molecular formula is C11H15NO3. The van der Waals surface area contributed by atoms with Gasteiger partial charge in [-0.2, -0.15) is 0 Å². The van der Waals surface area contributed by atoms with Crippen LogP contribution in [0.2, 0.25) is 0 Å². The minimum Gasteiger partial charge on any atom is -0.467 e. The molecule has 4 nitrogen and oxygen atoms in total. The number of hydrogen-bond acceptors (Lipinski definition) is 4. The summed E-state index contributed by atoms with van der Waals surface area (Å²) in [5.41, 5.74) is 7.24. The van der Waals surface area contributed by atoms with Crippen molar-refractivity contribution in [2.24, 2.45) is 0 Å². The molecule has 0 fully saturated rings. The van der Waals surface area contributed by atoms with E-state index >= 15 is 0 Å². The molecule has 15 heavy (non-hydrogen) atoms. The average molecular weight is 209 g/mol. The average Bonchev–Trinajstić information content (AvgIpc) is 2.27. The van der Waals surface area contributed by atoms with Crippen molar-refractivity contribution in [3.63, 3.8) is 0 Å². The second-order valence-corrected chi connectivity index (χ2v) is 3.19. The van der Waals surface area contributed by atoms with E-state index in [9.17, 15) is 4.79 Å². The van der Waals surface area contributed by atoms with Crippen molar-refractivity contribution in [2.75, 3.05) is 20.0 Å². The smallest absolute Gasteiger partial charge is 0.335 e. The highest BCUT2D eigenvalue weighted by Crippen LogP contribution is 2.10. The first kappa shape index (κ1) is 11.5. The highest BCUT2D eigenvalue weighted by molar-refractivity contribution is 5.74. The molecule has 4 heteroatoms. The maximum absolute atomic E-state index is 11.2. The molecule has 0 unspecified atom stereocenters. The second kappa shape index (κ2) is 5.36. The summed E-state index contributed by atoms with van der Waals surface area (Å²) in [6, 6.07) is 7.31. The van der Waals surface area contributed by atoms with Gasteiger partial charge in [0.05, 0.1) is 7.11 Å². The van der Waals surface area contributed by atoms with Gasteiger partial charge in [-0.1, -0.05) is 12.1 Å². The Hall–Kier alpha value is -1.55. The lowest BCUT2D eigenvalue weighted by Crippen LogP contribution is -2.26. The van der Waals surface area contributed by atoms with Crippen LogP contribution in [-0.2, 0) is 20.7 Å². The van der Waals surface area contributed by atoms with Crippen LogP contribution in [0.5, 0.6) is 0 Å². The largest absolute Gasteiger partial charge is 0.467 e. The molecule has 0 heterocycles. The summed E-state index contributed by atoms with van der Waals surface area (Å²) in [5, 5.41) is 0. The Morgan fingerprint density at radius 3 is 2.40 bits per heavy atom. The van der Waals surface area contributed by atoms with Crippen molar-refractivity contribution in [3.8, 4) is 0 Å². The molecule has 82 valence electrons. The van der Waals surface area contributed by atoms with Gasteiger partial charge in [0, 0.05) is 19.2 Å². The van der Waals surface area contributed by atoms with Gasteiger partial charge < -0.3 is 15.2 Å². The number of esters is 1. The van der Waals surface area contributed by atoms with Crippen LogP contribution >= 0.6 is 0 Å². The van der Waals surface area contributed by atoms with Gasteiger partial charge in [0.15, 0.2) is 6.10 Å². The molecule has 1 aromatic carbocycles. The molecule has 0 aliphatic carbocycles. The van der Waals surface area contributed by atoms with Gasteiger partial charge in [0.2, 0.25) is 0 Å². The maximum atomic E-state index is 11.2. The van der Waals surface area contributed by atoms with Crippen LogP contribution in [0, 0.1) is 0 Å². The van der Waals surface area contributed by atoms with Gasteiger partial charge in [-0.3, -0.25) is 0 Å². The molecule has 0 amide bonds. The van der Waals surface area contributed by atoms with Crippen molar-refractivity contribution in [2.45, 2.75) is 12.5 Å². The van der Waals surface area contributed by atoms with E-state index in [0.717, 1.165) is 5.56 Å². The monoisotopic (exact) mass is 209 g/mol. The number of hydrogen-bond donors (Lipinski definition) is 1. The zero-order chi connectivity index (χ0) is 11.3. The molecule has 1 aromatic rings. The third kappa shape index (κ3) is 3.25. The molecule has 2 N–H and O–H groups in total. The minimum absolute atomic E-state index is 0.366. The summed E-state index contributed by atoms with van der Waals surface area (Å²) in [4.78, 5) is 11.2. The van der Waals surface area contributed by atoms with E-state index in [1.54, 1.807) is 12.1 Å². The van der Waals surface area contributed by atoms with E-state index in [-0.39, 0.29) is 5.97 Å². The van der Waals surface area contributed by atoms with Crippen molar-refractivity contribution in [3.05, 3.63) is 29.8 Å². The Labute approximate surface area is 89.0 Å². The number of nitrogen functional groups attached to an aromatic ring is 1. The standard InChI is InChI=1S/C11H15NO3/c1-14-10(11(13)15-2)7-8-3-5-9(12)6-4-8/h3-6,10H,7,12H2,1-2H3/t10-/m0/s1. The molecular weight excluding hydrogens is 194 g/mol. The first-order valence-corrected chi connectivity index (χ1v) is 4.62. The van der Waals surface area contributed by atoms with Crippen LogP contribution in [0.1, 0.15) is 5.56 Å². The van der Waals surface area contributed by atoms with Crippen LogP contribution in [0.4, 0.5) is 5.69 Å². The Bertz CT molecular complexity index is 321. The maximum Gasteiger partial charge on any atom is 0.335 e. The fourth-order valence-electron chi connectivity index (χ4n) is 1.26. The predicted molar refractivity (Wildman–Crippen MR) is 57.4 cm³/mol. The molecule has 0 bridgehead atoms. The molecule has 0 saturated heterocycles.